The van der Waals surface area contributed by atoms with Crippen LogP contribution in [0, 0.1) is 0 Å². The number of rotatable bonds is 6. The molecule has 5 aromatic rings. The van der Waals surface area contributed by atoms with Gasteiger partial charge in [-0.3, -0.25) is 23.4 Å². The summed E-state index contributed by atoms with van der Waals surface area (Å²) in [5, 5.41) is 0. The van der Waals surface area contributed by atoms with Crippen LogP contribution in [0.4, 0.5) is 5.69 Å². The molecule has 0 atom stereocenters. The Bertz CT molecular complexity index is 1740. The Morgan fingerprint density at radius 2 is 1.53 bits per heavy atom. The number of anilines is 1. The van der Waals surface area contributed by atoms with Gasteiger partial charge in [-0.05, 0) is 55.8 Å². The second kappa shape index (κ2) is 8.53. The first kappa shape index (κ1) is 22.6. The van der Waals surface area contributed by atoms with Crippen LogP contribution in [-0.4, -0.2) is 17.6 Å². The topological polar surface area (TPSA) is 90.2 Å². The van der Waals surface area contributed by atoms with Gasteiger partial charge in [-0.25, -0.2) is 8.42 Å². The molecule has 5 rings (SSSR count). The molecule has 10 heteroatoms. The summed E-state index contributed by atoms with van der Waals surface area (Å²) in [4.78, 5) is 24.7. The van der Waals surface area contributed by atoms with Gasteiger partial charge < -0.3 is 0 Å². The first-order valence-corrected chi connectivity index (χ1v) is 13.7. The van der Waals surface area contributed by atoms with E-state index in [4.69, 9.17) is 0 Å². The van der Waals surface area contributed by atoms with E-state index >= 15 is 0 Å². The molecule has 0 fully saturated rings. The number of aromatic nitrogens is 2. The Kier molecular flexibility index (Phi) is 5.67. The van der Waals surface area contributed by atoms with Gasteiger partial charge in [-0.15, -0.1) is 0 Å². The van der Waals surface area contributed by atoms with Crippen molar-refractivity contribution in [2.45, 2.75) is 31.3 Å². The largest absolute Gasteiger partial charge is 0.308 e. The van der Waals surface area contributed by atoms with Crippen molar-refractivity contribution in [3.8, 4) is 0 Å². The first-order chi connectivity index (χ1) is 16.2. The Morgan fingerprint density at radius 1 is 0.853 bits per heavy atom. The minimum Gasteiger partial charge on any atom is -0.296 e. The number of thiazole rings is 2. The van der Waals surface area contributed by atoms with Crippen LogP contribution in [0.1, 0.15) is 25.5 Å². The fraction of sp³-hybridized carbons (Fsp3) is 0.167. The molecule has 2 heterocycles. The zero-order valence-electron chi connectivity index (χ0n) is 18.4. The van der Waals surface area contributed by atoms with E-state index in [1.54, 1.807) is 33.4 Å². The fourth-order valence-corrected chi connectivity index (χ4v) is 7.06. The fourth-order valence-electron chi connectivity index (χ4n) is 3.93. The smallest absolute Gasteiger partial charge is 0.296 e. The van der Waals surface area contributed by atoms with Gasteiger partial charge in [0, 0.05) is 6.04 Å². The van der Waals surface area contributed by atoms with Gasteiger partial charge in [0.25, 0.3) is 10.0 Å². The molecule has 34 heavy (non-hydrogen) atoms. The summed E-state index contributed by atoms with van der Waals surface area (Å²) in [6.45, 7) is 4.28. The Balaban J connectivity index is 1.47. The van der Waals surface area contributed by atoms with Gasteiger partial charge in [0.15, 0.2) is 0 Å². The summed E-state index contributed by atoms with van der Waals surface area (Å²) in [5.74, 6) is 0. The number of hydrogen-bond acceptors (Lipinski definition) is 6. The predicted octanol–water partition coefficient (Wildman–Crippen LogP) is 4.87. The second-order valence-corrected chi connectivity index (χ2v) is 11.9. The van der Waals surface area contributed by atoms with Gasteiger partial charge >= 0.3 is 9.75 Å². The molecule has 0 aliphatic carbocycles. The number of benzene rings is 3. The van der Waals surface area contributed by atoms with Crippen LogP contribution >= 0.6 is 22.7 Å². The zero-order chi connectivity index (χ0) is 24.0. The van der Waals surface area contributed by atoms with E-state index in [0.29, 0.717) is 27.1 Å². The highest BCUT2D eigenvalue weighted by atomic mass is 32.2. The van der Waals surface area contributed by atoms with Crippen molar-refractivity contribution >= 4 is 58.8 Å². The summed E-state index contributed by atoms with van der Waals surface area (Å²) < 4.78 is 33.4. The highest BCUT2D eigenvalue weighted by Crippen LogP contribution is 2.27. The van der Waals surface area contributed by atoms with Crippen molar-refractivity contribution in [1.82, 2.24) is 9.13 Å². The van der Waals surface area contributed by atoms with E-state index in [2.05, 4.69) is 4.72 Å². The average Bonchev–Trinajstić information content (AvgIpc) is 3.28. The van der Waals surface area contributed by atoms with E-state index in [1.165, 1.54) is 12.1 Å². The minimum absolute atomic E-state index is 0.0110. The predicted molar refractivity (Wildman–Crippen MR) is 139 cm³/mol. The molecule has 2 aromatic heterocycles. The molecule has 7 nitrogen and oxygen atoms in total. The molecule has 0 saturated carbocycles. The maximum Gasteiger partial charge on any atom is 0.308 e. The lowest BCUT2D eigenvalue weighted by molar-refractivity contribution is 0.601. The molecule has 0 saturated heterocycles. The molecule has 0 spiro atoms. The monoisotopic (exact) mass is 511 g/mol. The summed E-state index contributed by atoms with van der Waals surface area (Å²) in [6, 6.07) is 19.4. The molecule has 0 amide bonds. The summed E-state index contributed by atoms with van der Waals surface area (Å²) >= 11 is 2.11. The third kappa shape index (κ3) is 4.08. The van der Waals surface area contributed by atoms with E-state index in [1.807, 2.05) is 44.2 Å². The maximum atomic E-state index is 13.1. The molecular weight excluding hydrogens is 490 g/mol. The van der Waals surface area contributed by atoms with Crippen LogP contribution in [0.25, 0.3) is 20.4 Å². The summed E-state index contributed by atoms with van der Waals surface area (Å²) in [6.07, 6.45) is 0. The van der Waals surface area contributed by atoms with Crippen molar-refractivity contribution in [3.05, 3.63) is 91.6 Å². The molecule has 174 valence electrons. The first-order valence-electron chi connectivity index (χ1n) is 10.6. The molecule has 0 bridgehead atoms. The molecule has 3 aromatic carbocycles. The zero-order valence-corrected chi connectivity index (χ0v) is 20.8. The molecule has 0 unspecified atom stereocenters. The molecule has 0 aliphatic rings. The molecular formula is C24H21N3O4S3. The van der Waals surface area contributed by atoms with Crippen LogP contribution in [0.3, 0.4) is 0 Å². The van der Waals surface area contributed by atoms with E-state index in [0.717, 1.165) is 33.8 Å². The van der Waals surface area contributed by atoms with Crippen LogP contribution in [0.15, 0.2) is 81.2 Å². The average molecular weight is 512 g/mol. The Labute approximate surface area is 203 Å². The van der Waals surface area contributed by atoms with Crippen LogP contribution in [0.5, 0.6) is 0 Å². The van der Waals surface area contributed by atoms with Crippen molar-refractivity contribution < 1.29 is 8.42 Å². The number of sulfonamides is 1. The van der Waals surface area contributed by atoms with Gasteiger partial charge in [-0.1, -0.05) is 53.0 Å². The third-order valence-corrected chi connectivity index (χ3v) is 8.75. The lowest BCUT2D eigenvalue weighted by Gasteiger charge is -2.10. The quantitative estimate of drug-likeness (QED) is 0.352. The van der Waals surface area contributed by atoms with Crippen molar-refractivity contribution in [3.63, 3.8) is 0 Å². The maximum absolute atomic E-state index is 13.1. The summed E-state index contributed by atoms with van der Waals surface area (Å²) in [7, 11) is -3.89. The lowest BCUT2D eigenvalue weighted by atomic mass is 10.2. The Hall–Kier alpha value is -3.21. The van der Waals surface area contributed by atoms with E-state index in [-0.39, 0.29) is 20.7 Å². The highest BCUT2D eigenvalue weighted by Gasteiger charge is 2.18. The second-order valence-electron chi connectivity index (χ2n) is 8.19. The van der Waals surface area contributed by atoms with E-state index < -0.39 is 10.0 Å². The van der Waals surface area contributed by atoms with Crippen LogP contribution in [-0.2, 0) is 16.6 Å². The van der Waals surface area contributed by atoms with Crippen molar-refractivity contribution in [1.29, 1.82) is 0 Å². The van der Waals surface area contributed by atoms with Crippen molar-refractivity contribution in [2.24, 2.45) is 0 Å². The Morgan fingerprint density at radius 3 is 2.26 bits per heavy atom. The number of hydrogen-bond donors (Lipinski definition) is 1. The van der Waals surface area contributed by atoms with Gasteiger partial charge in [0.1, 0.15) is 0 Å². The van der Waals surface area contributed by atoms with Gasteiger partial charge in [-0.2, -0.15) is 0 Å². The SMILES string of the molecule is CC(C)n1c(=O)sc2cc(NS(=O)(=O)c3ccc4c(c3)sc(=O)n4Cc3ccccc3)ccc21. The van der Waals surface area contributed by atoms with Crippen LogP contribution < -0.4 is 14.5 Å². The van der Waals surface area contributed by atoms with Gasteiger partial charge in [0.2, 0.25) is 0 Å². The summed E-state index contributed by atoms with van der Waals surface area (Å²) in [5.41, 5.74) is 2.84. The third-order valence-electron chi connectivity index (χ3n) is 5.52. The number of fused-ring (bicyclic) bond motifs is 2. The minimum atomic E-state index is -3.89. The number of nitrogens with one attached hydrogen (secondary N) is 1. The highest BCUT2D eigenvalue weighted by molar-refractivity contribution is 7.92. The number of nitrogens with zero attached hydrogens (tertiary/aromatic N) is 2. The molecule has 1 N–H and O–H groups in total. The van der Waals surface area contributed by atoms with E-state index in [9.17, 15) is 18.0 Å². The normalized spacial score (nSPS) is 12.1. The molecule has 0 aliphatic heterocycles. The molecule has 0 radical (unpaired) electrons. The van der Waals surface area contributed by atoms with Gasteiger partial charge in [0.05, 0.1) is 37.6 Å². The lowest BCUT2D eigenvalue weighted by Crippen LogP contribution is -2.15. The van der Waals surface area contributed by atoms with Crippen molar-refractivity contribution in [2.75, 3.05) is 4.72 Å². The standard InChI is InChI=1S/C24H21N3O4S3/c1-15(2)27-20-10-8-17(12-21(20)33-24(27)29)25-34(30,31)18-9-11-19-22(13-18)32-23(28)26(19)14-16-6-4-3-5-7-16/h3-13,15,25H,14H2,1-2H3. The van der Waals surface area contributed by atoms with Crippen LogP contribution in [0.2, 0.25) is 0 Å².